The first kappa shape index (κ1) is 23.1. The van der Waals surface area contributed by atoms with E-state index in [2.05, 4.69) is 24.1 Å². The molecular weight excluding hydrogens is 467 g/mol. The monoisotopic (exact) mass is 494 g/mol. The van der Waals surface area contributed by atoms with Gasteiger partial charge in [0.25, 0.3) is 0 Å². The molecule has 176 valence electrons. The zero-order chi connectivity index (χ0) is 23.5. The smallest absolute Gasteiger partial charge is 0.213 e. The van der Waals surface area contributed by atoms with Crippen LogP contribution in [0.3, 0.4) is 0 Å². The Bertz CT molecular complexity index is 1160. The molecule has 0 unspecified atom stereocenters. The number of halogens is 2. The lowest BCUT2D eigenvalue weighted by Crippen LogP contribution is -2.33. The molecule has 34 heavy (non-hydrogen) atoms. The predicted molar refractivity (Wildman–Crippen MR) is 138 cm³/mol. The van der Waals surface area contributed by atoms with Gasteiger partial charge >= 0.3 is 0 Å². The third-order valence-corrected chi connectivity index (χ3v) is 6.85. The minimum atomic E-state index is -0.331. The fourth-order valence-corrected chi connectivity index (χ4v) is 4.85. The van der Waals surface area contributed by atoms with Gasteiger partial charge in [0.2, 0.25) is 6.23 Å². The number of hydrogen-bond donors (Lipinski definition) is 0. The highest BCUT2D eigenvalue weighted by Gasteiger charge is 2.41. The highest BCUT2D eigenvalue weighted by Crippen LogP contribution is 2.48. The fourth-order valence-electron chi connectivity index (χ4n) is 4.54. The largest absolute Gasteiger partial charge is 0.494 e. The molecule has 0 N–H and O–H groups in total. The number of hydrogen-bond acceptors (Lipinski definition) is 4. The van der Waals surface area contributed by atoms with Gasteiger partial charge in [0, 0.05) is 27.6 Å². The predicted octanol–water partition coefficient (Wildman–Crippen LogP) is 8.19. The van der Waals surface area contributed by atoms with E-state index < -0.39 is 0 Å². The number of ether oxygens (including phenoxy) is 2. The molecule has 3 aromatic rings. The second-order valence-corrected chi connectivity index (χ2v) is 9.66. The molecule has 2 heterocycles. The number of nitrogens with zero attached hydrogens (tertiary/aromatic N) is 2. The fraction of sp³-hybridized carbons (Fsp3) is 0.321. The maximum atomic E-state index is 6.45. The van der Waals surface area contributed by atoms with Crippen molar-refractivity contribution >= 4 is 28.9 Å². The molecule has 0 saturated heterocycles. The van der Waals surface area contributed by atoms with Crippen LogP contribution in [-0.2, 0) is 0 Å². The molecule has 5 rings (SSSR count). The second kappa shape index (κ2) is 10.3. The summed E-state index contributed by atoms with van der Waals surface area (Å²) in [6, 6.07) is 21.9. The van der Waals surface area contributed by atoms with Crippen LogP contribution < -0.4 is 9.47 Å². The van der Waals surface area contributed by atoms with Crippen molar-refractivity contribution in [3.05, 3.63) is 93.5 Å². The van der Waals surface area contributed by atoms with Crippen molar-refractivity contribution in [3.8, 4) is 11.5 Å². The van der Waals surface area contributed by atoms with Crippen molar-refractivity contribution in [1.29, 1.82) is 0 Å². The molecule has 3 aromatic carbocycles. The molecule has 0 amide bonds. The van der Waals surface area contributed by atoms with Crippen LogP contribution in [-0.4, -0.2) is 17.3 Å². The summed E-state index contributed by atoms with van der Waals surface area (Å²) < 4.78 is 12.4. The van der Waals surface area contributed by atoms with E-state index in [1.165, 1.54) is 19.3 Å². The third kappa shape index (κ3) is 4.89. The Hall–Kier alpha value is -2.69. The van der Waals surface area contributed by atoms with Crippen molar-refractivity contribution in [2.75, 3.05) is 6.61 Å². The van der Waals surface area contributed by atoms with Crippen LogP contribution in [0.4, 0.5) is 0 Å². The molecule has 2 aliphatic rings. The molecule has 0 saturated carbocycles. The first-order valence-electron chi connectivity index (χ1n) is 11.9. The van der Waals surface area contributed by atoms with E-state index >= 15 is 0 Å². The molecule has 4 nitrogen and oxygen atoms in total. The Morgan fingerprint density at radius 3 is 2.47 bits per heavy atom. The highest BCUT2D eigenvalue weighted by atomic mass is 35.5. The van der Waals surface area contributed by atoms with Crippen molar-refractivity contribution < 1.29 is 9.47 Å². The molecule has 0 aromatic heterocycles. The molecule has 2 aliphatic heterocycles. The van der Waals surface area contributed by atoms with E-state index in [1.807, 2.05) is 54.6 Å². The van der Waals surface area contributed by atoms with E-state index in [1.54, 1.807) is 0 Å². The van der Waals surface area contributed by atoms with Gasteiger partial charge in [-0.25, -0.2) is 5.01 Å². The lowest BCUT2D eigenvalue weighted by Gasteiger charge is -2.38. The molecule has 0 fully saturated rings. The van der Waals surface area contributed by atoms with Crippen molar-refractivity contribution in [2.45, 2.75) is 51.3 Å². The molecular formula is C28H28Cl2N2O2. The molecule has 2 atom stereocenters. The molecule has 6 heteroatoms. The number of rotatable bonds is 8. The standard InChI is InChI=1S/C28H28Cl2N2O2/c1-2-3-4-5-16-33-23-13-8-20(9-14-23)28-32-26(24-17-22(30)12-15-27(24)34-28)18-25(31-32)19-6-10-21(29)11-7-19/h6-15,17,26,28H,2-5,16,18H2,1H3/t26-,28-/m1/s1. The average Bonchev–Trinajstić information content (AvgIpc) is 3.30. The van der Waals surface area contributed by atoms with Gasteiger partial charge in [0.15, 0.2) is 0 Å². The Kier molecular flexibility index (Phi) is 6.98. The number of hydrazone groups is 1. The number of unbranched alkanes of at least 4 members (excludes halogenated alkanes) is 3. The molecule has 0 spiro atoms. The SMILES string of the molecule is CCCCCCOc1ccc([C@H]2Oc3ccc(Cl)cc3[C@H]3CC(c4ccc(Cl)cc4)=NN32)cc1. The summed E-state index contributed by atoms with van der Waals surface area (Å²) in [6.07, 6.45) is 5.21. The summed E-state index contributed by atoms with van der Waals surface area (Å²) >= 11 is 12.4. The lowest BCUT2D eigenvalue weighted by atomic mass is 9.96. The summed E-state index contributed by atoms with van der Waals surface area (Å²) in [6.45, 7) is 2.96. The summed E-state index contributed by atoms with van der Waals surface area (Å²) in [5, 5.41) is 8.47. The van der Waals surface area contributed by atoms with Gasteiger partial charge in [0.05, 0.1) is 18.4 Å². The van der Waals surface area contributed by atoms with Crippen molar-refractivity contribution in [1.82, 2.24) is 5.01 Å². The van der Waals surface area contributed by atoms with Crippen LogP contribution in [0.5, 0.6) is 11.5 Å². The van der Waals surface area contributed by atoms with Gasteiger partial charge in [-0.2, -0.15) is 5.10 Å². The van der Waals surface area contributed by atoms with E-state index in [9.17, 15) is 0 Å². The van der Waals surface area contributed by atoms with Gasteiger partial charge in [-0.05, 0) is 66.6 Å². The summed E-state index contributed by atoms with van der Waals surface area (Å²) in [7, 11) is 0. The van der Waals surface area contributed by atoms with Crippen LogP contribution >= 0.6 is 23.2 Å². The summed E-state index contributed by atoms with van der Waals surface area (Å²) in [4.78, 5) is 0. The van der Waals surface area contributed by atoms with Crippen molar-refractivity contribution in [3.63, 3.8) is 0 Å². The quantitative estimate of drug-likeness (QED) is 0.296. The Morgan fingerprint density at radius 1 is 0.941 bits per heavy atom. The first-order chi connectivity index (χ1) is 16.6. The van der Waals surface area contributed by atoms with Gasteiger partial charge < -0.3 is 9.47 Å². The highest BCUT2D eigenvalue weighted by molar-refractivity contribution is 6.31. The van der Waals surface area contributed by atoms with Crippen LogP contribution in [0.15, 0.2) is 71.8 Å². The third-order valence-electron chi connectivity index (χ3n) is 6.36. The summed E-state index contributed by atoms with van der Waals surface area (Å²) in [5.74, 6) is 1.73. The minimum Gasteiger partial charge on any atom is -0.494 e. The Morgan fingerprint density at radius 2 is 1.71 bits per heavy atom. The topological polar surface area (TPSA) is 34.1 Å². The number of fused-ring (bicyclic) bond motifs is 3. The first-order valence-corrected chi connectivity index (χ1v) is 12.7. The molecule has 0 radical (unpaired) electrons. The second-order valence-electron chi connectivity index (χ2n) is 8.78. The summed E-state index contributed by atoms with van der Waals surface area (Å²) in [5.41, 5.74) is 4.16. The minimum absolute atomic E-state index is 0.0487. The zero-order valence-electron chi connectivity index (χ0n) is 19.2. The van der Waals surface area contributed by atoms with Crippen LogP contribution in [0.25, 0.3) is 0 Å². The van der Waals surface area contributed by atoms with Gasteiger partial charge in [-0.15, -0.1) is 0 Å². The van der Waals surface area contributed by atoms with Crippen LogP contribution in [0, 0.1) is 0 Å². The maximum Gasteiger partial charge on any atom is 0.213 e. The van der Waals surface area contributed by atoms with Crippen molar-refractivity contribution in [2.24, 2.45) is 5.10 Å². The Balaban J connectivity index is 1.40. The molecule has 0 bridgehead atoms. The van der Waals surface area contributed by atoms with Crippen LogP contribution in [0.2, 0.25) is 10.0 Å². The van der Waals surface area contributed by atoms with E-state index in [-0.39, 0.29) is 12.3 Å². The van der Waals surface area contributed by atoms with Gasteiger partial charge in [-0.1, -0.05) is 61.5 Å². The molecule has 0 aliphatic carbocycles. The van der Waals surface area contributed by atoms with Gasteiger partial charge in [-0.3, -0.25) is 0 Å². The number of benzene rings is 3. The average molecular weight is 495 g/mol. The van der Waals surface area contributed by atoms with Crippen LogP contribution in [0.1, 0.15) is 68.0 Å². The zero-order valence-corrected chi connectivity index (χ0v) is 20.7. The normalized spacial score (nSPS) is 18.7. The maximum absolute atomic E-state index is 6.45. The van der Waals surface area contributed by atoms with E-state index in [0.717, 1.165) is 53.3 Å². The Labute approximate surface area is 211 Å². The van der Waals surface area contributed by atoms with E-state index in [4.69, 9.17) is 37.8 Å². The van der Waals surface area contributed by atoms with Gasteiger partial charge in [0.1, 0.15) is 11.5 Å². The lowest BCUT2D eigenvalue weighted by molar-refractivity contribution is -0.0190. The van der Waals surface area contributed by atoms with E-state index in [0.29, 0.717) is 10.0 Å².